The summed E-state index contributed by atoms with van der Waals surface area (Å²) in [6.07, 6.45) is 3.89. The lowest BCUT2D eigenvalue weighted by Crippen LogP contribution is -2.52. The predicted octanol–water partition coefficient (Wildman–Crippen LogP) is 2.12. The van der Waals surface area contributed by atoms with E-state index in [4.69, 9.17) is 5.73 Å². The maximum Gasteiger partial charge on any atom is 0.271 e. The summed E-state index contributed by atoms with van der Waals surface area (Å²) in [5, 5.41) is 2.94. The molecular formula is C13H24Cl2N4O. The quantitative estimate of drug-likeness (QED) is 0.870. The number of hydrogen-bond donors (Lipinski definition) is 2. The molecule has 0 saturated carbocycles. The second kappa shape index (κ2) is 9.10. The molecule has 0 radical (unpaired) electrons. The molecule has 0 spiro atoms. The number of halogens is 2. The lowest BCUT2D eigenvalue weighted by atomic mass is 9.90. The summed E-state index contributed by atoms with van der Waals surface area (Å²) in [6.45, 7) is 8.39. The van der Waals surface area contributed by atoms with Crippen LogP contribution in [0, 0.1) is 12.8 Å². The highest BCUT2D eigenvalue weighted by molar-refractivity contribution is 5.92. The molecule has 0 bridgehead atoms. The molecule has 1 aromatic rings. The Hall–Kier alpha value is -0.910. The number of nitrogens with two attached hydrogens (primary N) is 1. The number of amides is 1. The molecule has 20 heavy (non-hydrogen) atoms. The monoisotopic (exact) mass is 322 g/mol. The molecule has 1 amide bonds. The molecule has 0 saturated heterocycles. The SMILES string of the molecule is Cc1cnc(C(=O)NC(C)(CN)CC(C)C)cn1.Cl.Cl. The Labute approximate surface area is 133 Å². The molecule has 1 heterocycles. The van der Waals surface area contributed by atoms with Gasteiger partial charge in [-0.3, -0.25) is 9.78 Å². The first-order valence-electron chi connectivity index (χ1n) is 6.17. The first-order chi connectivity index (χ1) is 8.36. The molecule has 1 rings (SSSR count). The van der Waals surface area contributed by atoms with E-state index in [-0.39, 0.29) is 30.7 Å². The van der Waals surface area contributed by atoms with Crippen molar-refractivity contribution in [2.45, 2.75) is 39.7 Å². The topological polar surface area (TPSA) is 80.9 Å². The van der Waals surface area contributed by atoms with E-state index in [9.17, 15) is 4.79 Å². The Balaban J connectivity index is 0. The van der Waals surface area contributed by atoms with Gasteiger partial charge in [0.25, 0.3) is 5.91 Å². The first-order valence-corrected chi connectivity index (χ1v) is 6.17. The Kier molecular flexibility index (Phi) is 9.74. The van der Waals surface area contributed by atoms with Crippen LogP contribution in [0.5, 0.6) is 0 Å². The van der Waals surface area contributed by atoms with Crippen molar-refractivity contribution in [3.63, 3.8) is 0 Å². The van der Waals surface area contributed by atoms with Crippen molar-refractivity contribution in [1.29, 1.82) is 0 Å². The third-order valence-corrected chi connectivity index (χ3v) is 2.74. The summed E-state index contributed by atoms with van der Waals surface area (Å²) in [4.78, 5) is 20.2. The Bertz CT molecular complexity index is 411. The second-order valence-corrected chi connectivity index (χ2v) is 5.36. The number of hydrogen-bond acceptors (Lipinski definition) is 4. The summed E-state index contributed by atoms with van der Waals surface area (Å²) in [5.41, 5.74) is 6.46. The van der Waals surface area contributed by atoms with Crippen LogP contribution in [0.4, 0.5) is 0 Å². The molecule has 116 valence electrons. The molecular weight excluding hydrogens is 299 g/mol. The minimum Gasteiger partial charge on any atom is -0.344 e. The summed E-state index contributed by atoms with van der Waals surface area (Å²) in [7, 11) is 0. The highest BCUT2D eigenvalue weighted by Crippen LogP contribution is 2.15. The molecule has 0 aliphatic rings. The molecule has 0 aromatic carbocycles. The van der Waals surface area contributed by atoms with E-state index < -0.39 is 5.54 Å². The maximum absolute atomic E-state index is 12.0. The van der Waals surface area contributed by atoms with E-state index in [0.717, 1.165) is 12.1 Å². The number of nitrogens with one attached hydrogen (secondary N) is 1. The highest BCUT2D eigenvalue weighted by Gasteiger charge is 2.26. The molecule has 7 heteroatoms. The fourth-order valence-electron chi connectivity index (χ4n) is 1.93. The number of nitrogens with zero attached hydrogens (tertiary/aromatic N) is 2. The zero-order valence-electron chi connectivity index (χ0n) is 12.3. The van der Waals surface area contributed by atoms with E-state index >= 15 is 0 Å². The smallest absolute Gasteiger partial charge is 0.271 e. The molecule has 0 aliphatic carbocycles. The van der Waals surface area contributed by atoms with Gasteiger partial charge < -0.3 is 11.1 Å². The highest BCUT2D eigenvalue weighted by atomic mass is 35.5. The van der Waals surface area contributed by atoms with Gasteiger partial charge in [-0.2, -0.15) is 0 Å². The van der Waals surface area contributed by atoms with Gasteiger partial charge in [0.15, 0.2) is 0 Å². The largest absolute Gasteiger partial charge is 0.344 e. The summed E-state index contributed by atoms with van der Waals surface area (Å²) >= 11 is 0. The number of aromatic nitrogens is 2. The lowest BCUT2D eigenvalue weighted by molar-refractivity contribution is 0.0892. The van der Waals surface area contributed by atoms with Crippen LogP contribution in [0.2, 0.25) is 0 Å². The molecule has 0 fully saturated rings. The van der Waals surface area contributed by atoms with Crippen molar-refractivity contribution in [1.82, 2.24) is 15.3 Å². The Morgan fingerprint density at radius 3 is 2.35 bits per heavy atom. The van der Waals surface area contributed by atoms with Crippen LogP contribution in [-0.2, 0) is 0 Å². The van der Waals surface area contributed by atoms with Crippen molar-refractivity contribution >= 4 is 30.7 Å². The zero-order valence-corrected chi connectivity index (χ0v) is 14.0. The molecule has 1 aromatic heterocycles. The van der Waals surface area contributed by atoms with E-state index in [1.54, 1.807) is 6.20 Å². The van der Waals surface area contributed by atoms with Crippen molar-refractivity contribution in [2.75, 3.05) is 6.54 Å². The van der Waals surface area contributed by atoms with E-state index in [0.29, 0.717) is 18.2 Å². The first kappa shape index (κ1) is 21.4. The van der Waals surface area contributed by atoms with Crippen molar-refractivity contribution in [3.05, 3.63) is 23.8 Å². The standard InChI is InChI=1S/C13H22N4O.2ClH/c1-9(2)5-13(4,8-14)17-12(18)11-7-15-10(3)6-16-11;;/h6-7,9H,5,8,14H2,1-4H3,(H,17,18);2*1H. The van der Waals surface area contributed by atoms with Gasteiger partial charge in [-0.15, -0.1) is 24.8 Å². The zero-order chi connectivity index (χ0) is 13.8. The summed E-state index contributed by atoms with van der Waals surface area (Å²) in [6, 6.07) is 0. The van der Waals surface area contributed by atoms with Crippen LogP contribution in [0.25, 0.3) is 0 Å². The molecule has 1 unspecified atom stereocenters. The number of rotatable bonds is 5. The van der Waals surface area contributed by atoms with Crippen LogP contribution in [-0.4, -0.2) is 28.0 Å². The van der Waals surface area contributed by atoms with Gasteiger partial charge >= 0.3 is 0 Å². The minimum atomic E-state index is -0.405. The van der Waals surface area contributed by atoms with Crippen LogP contribution in [0.1, 0.15) is 43.4 Å². The van der Waals surface area contributed by atoms with Crippen LogP contribution >= 0.6 is 24.8 Å². The van der Waals surface area contributed by atoms with Crippen molar-refractivity contribution in [2.24, 2.45) is 11.7 Å². The predicted molar refractivity (Wildman–Crippen MR) is 85.6 cm³/mol. The third-order valence-electron chi connectivity index (χ3n) is 2.74. The lowest BCUT2D eigenvalue weighted by Gasteiger charge is -2.31. The molecule has 1 atom stereocenters. The molecule has 5 nitrogen and oxygen atoms in total. The average Bonchev–Trinajstić information content (AvgIpc) is 2.28. The van der Waals surface area contributed by atoms with Gasteiger partial charge in [0, 0.05) is 12.7 Å². The summed E-state index contributed by atoms with van der Waals surface area (Å²) < 4.78 is 0. The van der Waals surface area contributed by atoms with E-state index in [2.05, 4.69) is 29.1 Å². The number of carbonyl (C=O) groups is 1. The van der Waals surface area contributed by atoms with Crippen molar-refractivity contribution in [3.8, 4) is 0 Å². The average molecular weight is 323 g/mol. The molecule has 3 N–H and O–H groups in total. The van der Waals surface area contributed by atoms with Gasteiger partial charge in [-0.25, -0.2) is 4.98 Å². The summed E-state index contributed by atoms with van der Waals surface area (Å²) in [5.74, 6) is 0.235. The van der Waals surface area contributed by atoms with Gasteiger partial charge in [-0.1, -0.05) is 13.8 Å². The van der Waals surface area contributed by atoms with Crippen molar-refractivity contribution < 1.29 is 4.79 Å². The normalized spacial score (nSPS) is 12.9. The minimum absolute atomic E-state index is 0. The van der Waals surface area contributed by atoms with Crippen LogP contribution < -0.4 is 11.1 Å². The van der Waals surface area contributed by atoms with E-state index in [1.165, 1.54) is 6.20 Å². The molecule has 0 aliphatic heterocycles. The van der Waals surface area contributed by atoms with Crippen LogP contribution in [0.15, 0.2) is 12.4 Å². The van der Waals surface area contributed by atoms with Gasteiger partial charge in [0.05, 0.1) is 17.4 Å². The number of carbonyl (C=O) groups excluding carboxylic acids is 1. The Morgan fingerprint density at radius 2 is 1.95 bits per heavy atom. The second-order valence-electron chi connectivity index (χ2n) is 5.36. The van der Waals surface area contributed by atoms with Gasteiger partial charge in [-0.05, 0) is 26.2 Å². The number of aryl methyl sites for hydroxylation is 1. The maximum atomic E-state index is 12.0. The van der Waals surface area contributed by atoms with E-state index in [1.807, 2.05) is 13.8 Å². The fourth-order valence-corrected chi connectivity index (χ4v) is 1.93. The van der Waals surface area contributed by atoms with Crippen LogP contribution in [0.3, 0.4) is 0 Å². The fraction of sp³-hybridized carbons (Fsp3) is 0.615. The Morgan fingerprint density at radius 1 is 1.35 bits per heavy atom. The van der Waals surface area contributed by atoms with Gasteiger partial charge in [0.1, 0.15) is 5.69 Å². The van der Waals surface area contributed by atoms with Gasteiger partial charge in [0.2, 0.25) is 0 Å². The third kappa shape index (κ3) is 6.50.